The van der Waals surface area contributed by atoms with Crippen LogP contribution in [0.15, 0.2) is 16.8 Å². The topological polar surface area (TPSA) is 63.3 Å². The van der Waals surface area contributed by atoms with Gasteiger partial charge in [-0.3, -0.25) is 4.79 Å². The molecule has 0 saturated carbocycles. The van der Waals surface area contributed by atoms with Gasteiger partial charge < -0.3 is 10.8 Å². The van der Waals surface area contributed by atoms with E-state index in [9.17, 15) is 4.79 Å². The van der Waals surface area contributed by atoms with Crippen molar-refractivity contribution in [3.8, 4) is 12.3 Å². The molecule has 0 amide bonds. The summed E-state index contributed by atoms with van der Waals surface area (Å²) in [5, 5.41) is 12.3. The maximum Gasteiger partial charge on any atom is 0.322 e. The van der Waals surface area contributed by atoms with Crippen molar-refractivity contribution in [1.82, 2.24) is 0 Å². The van der Waals surface area contributed by atoms with Crippen LogP contribution >= 0.6 is 11.3 Å². The van der Waals surface area contributed by atoms with Crippen LogP contribution < -0.4 is 5.73 Å². The van der Waals surface area contributed by atoms with Gasteiger partial charge in [0.1, 0.15) is 6.04 Å². The normalized spacial score (nSPS) is 14.5. The Bertz CT molecular complexity index is 326. The van der Waals surface area contributed by atoms with Crippen molar-refractivity contribution in [3.63, 3.8) is 0 Å². The molecule has 0 unspecified atom stereocenters. The molecule has 0 bridgehead atoms. The zero-order valence-electron chi connectivity index (χ0n) is 6.81. The minimum Gasteiger partial charge on any atom is -0.480 e. The van der Waals surface area contributed by atoms with Crippen molar-refractivity contribution in [2.24, 2.45) is 5.73 Å². The van der Waals surface area contributed by atoms with Crippen LogP contribution in [-0.2, 0) is 4.79 Å². The molecule has 0 saturated heterocycles. The number of carboxylic acids is 1. The van der Waals surface area contributed by atoms with Gasteiger partial charge in [0, 0.05) is 0 Å². The first-order valence-electron chi connectivity index (χ1n) is 3.63. The molecule has 2 atom stereocenters. The van der Waals surface area contributed by atoms with Crippen LogP contribution in [0.5, 0.6) is 0 Å². The largest absolute Gasteiger partial charge is 0.480 e. The van der Waals surface area contributed by atoms with E-state index in [0.717, 1.165) is 5.56 Å². The summed E-state index contributed by atoms with van der Waals surface area (Å²) in [6.07, 6.45) is 5.21. The molecule has 68 valence electrons. The molecule has 1 aromatic heterocycles. The van der Waals surface area contributed by atoms with E-state index in [1.165, 1.54) is 11.3 Å². The SMILES string of the molecule is C#C[C@H](c1ccsc1)[C@H](N)C(=O)O. The summed E-state index contributed by atoms with van der Waals surface area (Å²) in [6.45, 7) is 0. The third kappa shape index (κ3) is 2.08. The van der Waals surface area contributed by atoms with E-state index in [4.69, 9.17) is 17.3 Å². The number of carbonyl (C=O) groups is 1. The van der Waals surface area contributed by atoms with Gasteiger partial charge in [-0.1, -0.05) is 5.92 Å². The molecular formula is C9H9NO2S. The number of thiophene rings is 1. The van der Waals surface area contributed by atoms with E-state index < -0.39 is 17.9 Å². The van der Waals surface area contributed by atoms with Gasteiger partial charge in [-0.05, 0) is 22.4 Å². The molecular weight excluding hydrogens is 186 g/mol. The molecule has 3 nitrogen and oxygen atoms in total. The first-order chi connectivity index (χ1) is 6.16. The quantitative estimate of drug-likeness (QED) is 0.704. The van der Waals surface area contributed by atoms with Crippen molar-refractivity contribution in [2.75, 3.05) is 0 Å². The summed E-state index contributed by atoms with van der Waals surface area (Å²) in [4.78, 5) is 10.6. The second-order valence-corrected chi connectivity index (χ2v) is 3.35. The smallest absolute Gasteiger partial charge is 0.322 e. The lowest BCUT2D eigenvalue weighted by Gasteiger charge is -2.13. The number of nitrogens with two attached hydrogens (primary N) is 1. The predicted octanol–water partition coefficient (Wildman–Crippen LogP) is 0.877. The fraction of sp³-hybridized carbons (Fsp3) is 0.222. The van der Waals surface area contributed by atoms with E-state index in [0.29, 0.717) is 0 Å². The van der Waals surface area contributed by atoms with Gasteiger partial charge in [-0.2, -0.15) is 11.3 Å². The number of rotatable bonds is 3. The van der Waals surface area contributed by atoms with Gasteiger partial charge >= 0.3 is 5.97 Å². The summed E-state index contributed by atoms with van der Waals surface area (Å²) >= 11 is 1.47. The van der Waals surface area contributed by atoms with Crippen LogP contribution in [0.3, 0.4) is 0 Å². The zero-order chi connectivity index (χ0) is 9.84. The number of carboxylic acid groups (broad SMARTS) is 1. The average Bonchev–Trinajstić information content (AvgIpc) is 2.58. The maximum absolute atomic E-state index is 10.6. The highest BCUT2D eigenvalue weighted by Crippen LogP contribution is 2.20. The predicted molar refractivity (Wildman–Crippen MR) is 51.5 cm³/mol. The van der Waals surface area contributed by atoms with Crippen molar-refractivity contribution >= 4 is 17.3 Å². The lowest BCUT2D eigenvalue weighted by Crippen LogP contribution is -2.35. The van der Waals surface area contributed by atoms with Gasteiger partial charge in [-0.25, -0.2) is 0 Å². The van der Waals surface area contributed by atoms with Crippen LogP contribution in [-0.4, -0.2) is 17.1 Å². The number of hydrogen-bond donors (Lipinski definition) is 2. The maximum atomic E-state index is 10.6. The van der Waals surface area contributed by atoms with Crippen molar-refractivity contribution in [1.29, 1.82) is 0 Å². The molecule has 0 aromatic carbocycles. The lowest BCUT2D eigenvalue weighted by molar-refractivity contribution is -0.138. The molecule has 1 aromatic rings. The van der Waals surface area contributed by atoms with Crippen LogP contribution in [0.2, 0.25) is 0 Å². The minimum absolute atomic E-state index is 0.538. The number of aliphatic carboxylic acids is 1. The summed E-state index contributed by atoms with van der Waals surface area (Å²) < 4.78 is 0. The van der Waals surface area contributed by atoms with E-state index >= 15 is 0 Å². The highest BCUT2D eigenvalue weighted by atomic mass is 32.1. The molecule has 0 aliphatic rings. The van der Waals surface area contributed by atoms with E-state index in [2.05, 4.69) is 5.92 Å². The first kappa shape index (κ1) is 9.78. The fourth-order valence-corrected chi connectivity index (χ4v) is 1.70. The third-order valence-corrected chi connectivity index (χ3v) is 2.43. The Labute approximate surface area is 80.2 Å². The second kappa shape index (κ2) is 4.08. The molecule has 0 aliphatic carbocycles. The number of terminal acetylenes is 1. The fourth-order valence-electron chi connectivity index (χ4n) is 1.00. The third-order valence-electron chi connectivity index (χ3n) is 1.73. The van der Waals surface area contributed by atoms with Crippen molar-refractivity contribution in [2.45, 2.75) is 12.0 Å². The minimum atomic E-state index is -1.07. The Hall–Kier alpha value is -1.31. The van der Waals surface area contributed by atoms with Gasteiger partial charge in [0.05, 0.1) is 5.92 Å². The summed E-state index contributed by atoms with van der Waals surface area (Å²) in [5.74, 6) is 0.773. The molecule has 0 spiro atoms. The van der Waals surface area contributed by atoms with Gasteiger partial charge in [0.25, 0.3) is 0 Å². The van der Waals surface area contributed by atoms with Gasteiger partial charge in [0.2, 0.25) is 0 Å². The standard InChI is InChI=1S/C9H9NO2S/c1-2-7(8(10)9(11)12)6-3-4-13-5-6/h1,3-5,7-8H,10H2,(H,11,12)/t7-,8+/m1/s1. The monoisotopic (exact) mass is 195 g/mol. The molecule has 0 radical (unpaired) electrons. The Morgan fingerprint density at radius 1 is 1.77 bits per heavy atom. The number of hydrogen-bond acceptors (Lipinski definition) is 3. The first-order valence-corrected chi connectivity index (χ1v) is 4.57. The van der Waals surface area contributed by atoms with E-state index in [1.807, 2.05) is 10.8 Å². The van der Waals surface area contributed by atoms with Crippen LogP contribution in [0, 0.1) is 12.3 Å². The average molecular weight is 195 g/mol. The highest BCUT2D eigenvalue weighted by Gasteiger charge is 2.23. The Kier molecular flexibility index (Phi) is 3.07. The van der Waals surface area contributed by atoms with E-state index in [1.54, 1.807) is 6.07 Å². The molecule has 13 heavy (non-hydrogen) atoms. The van der Waals surface area contributed by atoms with Gasteiger partial charge in [0.15, 0.2) is 0 Å². The Balaban J connectivity index is 2.88. The molecule has 4 heteroatoms. The summed E-state index contributed by atoms with van der Waals surface area (Å²) in [7, 11) is 0. The second-order valence-electron chi connectivity index (χ2n) is 2.57. The highest BCUT2D eigenvalue weighted by molar-refractivity contribution is 7.08. The zero-order valence-corrected chi connectivity index (χ0v) is 7.62. The molecule has 0 aliphatic heterocycles. The Morgan fingerprint density at radius 3 is 2.85 bits per heavy atom. The summed E-state index contributed by atoms with van der Waals surface area (Å²) in [6, 6.07) is 0.762. The summed E-state index contributed by atoms with van der Waals surface area (Å²) in [5.41, 5.74) is 6.22. The van der Waals surface area contributed by atoms with Crippen LogP contribution in [0.4, 0.5) is 0 Å². The molecule has 1 rings (SSSR count). The lowest BCUT2D eigenvalue weighted by atomic mass is 9.95. The van der Waals surface area contributed by atoms with Crippen molar-refractivity contribution < 1.29 is 9.90 Å². The Morgan fingerprint density at radius 2 is 2.46 bits per heavy atom. The molecule has 1 heterocycles. The van der Waals surface area contributed by atoms with Crippen LogP contribution in [0.25, 0.3) is 0 Å². The van der Waals surface area contributed by atoms with Crippen molar-refractivity contribution in [3.05, 3.63) is 22.4 Å². The van der Waals surface area contributed by atoms with Gasteiger partial charge in [-0.15, -0.1) is 6.42 Å². The molecule has 3 N–H and O–H groups in total. The van der Waals surface area contributed by atoms with Crippen LogP contribution in [0.1, 0.15) is 11.5 Å². The molecule has 0 fully saturated rings. The van der Waals surface area contributed by atoms with E-state index in [-0.39, 0.29) is 0 Å².